The lowest BCUT2D eigenvalue weighted by atomic mass is 9.92. The number of carbonyl (C=O) groups excluding carboxylic acids is 1. The van der Waals surface area contributed by atoms with Crippen molar-refractivity contribution < 1.29 is 9.90 Å². The van der Waals surface area contributed by atoms with Gasteiger partial charge in [0.1, 0.15) is 5.69 Å². The highest BCUT2D eigenvalue weighted by atomic mass is 16.3. The number of para-hydroxylation sites is 1. The molecule has 2 aromatic heterocycles. The van der Waals surface area contributed by atoms with E-state index < -0.39 is 6.10 Å². The maximum atomic E-state index is 12.8. The molecule has 1 saturated carbocycles. The average Bonchev–Trinajstić information content (AvgIpc) is 2.70. The first kappa shape index (κ1) is 17.6. The number of pyridine rings is 2. The summed E-state index contributed by atoms with van der Waals surface area (Å²) in [5.41, 5.74) is 3.32. The molecule has 2 atom stereocenters. The van der Waals surface area contributed by atoms with Crippen molar-refractivity contribution >= 4 is 16.8 Å². The van der Waals surface area contributed by atoms with Crippen molar-refractivity contribution in [2.24, 2.45) is 0 Å². The van der Waals surface area contributed by atoms with Crippen LogP contribution >= 0.6 is 0 Å². The third-order valence-corrected chi connectivity index (χ3v) is 5.20. The average molecular weight is 361 g/mol. The zero-order chi connectivity index (χ0) is 18.6. The van der Waals surface area contributed by atoms with Crippen LogP contribution in [-0.2, 0) is 6.42 Å². The second-order valence-electron chi connectivity index (χ2n) is 7.15. The van der Waals surface area contributed by atoms with Crippen molar-refractivity contribution in [3.8, 4) is 0 Å². The van der Waals surface area contributed by atoms with Gasteiger partial charge in [-0.1, -0.05) is 37.1 Å². The molecule has 4 rings (SSSR count). The Kier molecular flexibility index (Phi) is 5.12. The summed E-state index contributed by atoms with van der Waals surface area (Å²) in [7, 11) is 0. The molecule has 138 valence electrons. The summed E-state index contributed by atoms with van der Waals surface area (Å²) >= 11 is 0. The molecular formula is C22H23N3O2. The standard InChI is InChI=1S/C22H23N3O2/c26-21-10-4-3-9-19(21)25-22(27)20-13-16(12-15-6-5-11-23-14-15)17-7-1-2-8-18(17)24-20/h1-2,5-8,11,13-14,19,21,26H,3-4,9-10,12H2,(H,25,27). The first-order valence-electron chi connectivity index (χ1n) is 9.47. The molecule has 0 bridgehead atoms. The Balaban J connectivity index is 1.65. The van der Waals surface area contributed by atoms with Crippen LogP contribution in [0.4, 0.5) is 0 Å². The van der Waals surface area contributed by atoms with Crippen LogP contribution in [0.1, 0.15) is 47.3 Å². The minimum atomic E-state index is -0.474. The summed E-state index contributed by atoms with van der Waals surface area (Å²) in [6.07, 6.45) is 7.39. The van der Waals surface area contributed by atoms with Gasteiger partial charge < -0.3 is 10.4 Å². The van der Waals surface area contributed by atoms with Crippen molar-refractivity contribution in [1.82, 2.24) is 15.3 Å². The van der Waals surface area contributed by atoms with Gasteiger partial charge in [0.2, 0.25) is 0 Å². The second-order valence-corrected chi connectivity index (χ2v) is 7.15. The highest BCUT2D eigenvalue weighted by molar-refractivity contribution is 5.96. The number of aliphatic hydroxyl groups excluding tert-OH is 1. The largest absolute Gasteiger partial charge is 0.391 e. The lowest BCUT2D eigenvalue weighted by molar-refractivity contribution is 0.0714. The van der Waals surface area contributed by atoms with E-state index in [1.807, 2.05) is 48.7 Å². The molecule has 0 aliphatic heterocycles. The van der Waals surface area contributed by atoms with Gasteiger partial charge in [0, 0.05) is 17.8 Å². The number of carbonyl (C=O) groups is 1. The third kappa shape index (κ3) is 3.98. The molecule has 5 heteroatoms. The van der Waals surface area contributed by atoms with Gasteiger partial charge in [-0.05, 0) is 48.6 Å². The van der Waals surface area contributed by atoms with E-state index in [0.717, 1.165) is 47.7 Å². The predicted molar refractivity (Wildman–Crippen MR) is 105 cm³/mol. The molecule has 0 saturated heterocycles. The molecule has 1 amide bonds. The minimum absolute atomic E-state index is 0.193. The number of amides is 1. The lowest BCUT2D eigenvalue weighted by Gasteiger charge is -2.28. The summed E-state index contributed by atoms with van der Waals surface area (Å²) in [6.45, 7) is 0. The van der Waals surface area contributed by atoms with E-state index in [0.29, 0.717) is 12.1 Å². The molecule has 5 nitrogen and oxygen atoms in total. The number of fused-ring (bicyclic) bond motifs is 1. The van der Waals surface area contributed by atoms with Crippen molar-refractivity contribution in [2.45, 2.75) is 44.2 Å². The molecule has 1 aliphatic carbocycles. The van der Waals surface area contributed by atoms with Gasteiger partial charge in [0.25, 0.3) is 5.91 Å². The SMILES string of the molecule is O=C(NC1CCCCC1O)c1cc(Cc2cccnc2)c2ccccc2n1. The molecular weight excluding hydrogens is 338 g/mol. The topological polar surface area (TPSA) is 75.1 Å². The molecule has 0 radical (unpaired) electrons. The monoisotopic (exact) mass is 361 g/mol. The third-order valence-electron chi connectivity index (χ3n) is 5.20. The van der Waals surface area contributed by atoms with E-state index >= 15 is 0 Å². The Morgan fingerprint density at radius 2 is 2.00 bits per heavy atom. The molecule has 0 spiro atoms. The number of aromatic nitrogens is 2. The summed E-state index contributed by atoms with van der Waals surface area (Å²) in [4.78, 5) is 21.5. The zero-order valence-electron chi connectivity index (χ0n) is 15.1. The summed E-state index contributed by atoms with van der Waals surface area (Å²) in [5, 5.41) is 14.2. The Labute approximate surface area is 158 Å². The van der Waals surface area contributed by atoms with Crippen molar-refractivity contribution in [3.05, 3.63) is 71.7 Å². The number of hydrogen-bond acceptors (Lipinski definition) is 4. The lowest BCUT2D eigenvalue weighted by Crippen LogP contribution is -2.45. The van der Waals surface area contributed by atoms with Crippen molar-refractivity contribution in [2.75, 3.05) is 0 Å². The number of aliphatic hydroxyl groups is 1. The van der Waals surface area contributed by atoms with Gasteiger partial charge in [-0.2, -0.15) is 0 Å². The van der Waals surface area contributed by atoms with Crippen LogP contribution in [0.15, 0.2) is 54.9 Å². The number of benzene rings is 1. The van der Waals surface area contributed by atoms with Crippen LogP contribution in [0.25, 0.3) is 10.9 Å². The van der Waals surface area contributed by atoms with Crippen LogP contribution in [-0.4, -0.2) is 33.1 Å². The van der Waals surface area contributed by atoms with Crippen molar-refractivity contribution in [1.29, 1.82) is 0 Å². The van der Waals surface area contributed by atoms with Crippen LogP contribution in [0.3, 0.4) is 0 Å². The first-order chi connectivity index (χ1) is 13.2. The van der Waals surface area contributed by atoms with E-state index in [9.17, 15) is 9.90 Å². The predicted octanol–water partition coefficient (Wildman–Crippen LogP) is 3.25. The molecule has 1 aromatic carbocycles. The van der Waals surface area contributed by atoms with Crippen molar-refractivity contribution in [3.63, 3.8) is 0 Å². The second kappa shape index (κ2) is 7.84. The maximum absolute atomic E-state index is 12.8. The van der Waals surface area contributed by atoms with E-state index in [-0.39, 0.29) is 11.9 Å². The quantitative estimate of drug-likeness (QED) is 0.748. The fraction of sp³-hybridized carbons (Fsp3) is 0.318. The van der Waals surface area contributed by atoms with Gasteiger partial charge >= 0.3 is 0 Å². The number of hydrogen-bond donors (Lipinski definition) is 2. The number of rotatable bonds is 4. The van der Waals surface area contributed by atoms with E-state index in [1.165, 1.54) is 0 Å². The Bertz CT molecular complexity index is 943. The molecule has 2 N–H and O–H groups in total. The molecule has 3 aromatic rings. The van der Waals surface area contributed by atoms with Crippen LogP contribution in [0, 0.1) is 0 Å². The zero-order valence-corrected chi connectivity index (χ0v) is 15.1. The Morgan fingerprint density at radius 3 is 2.81 bits per heavy atom. The maximum Gasteiger partial charge on any atom is 0.270 e. The van der Waals surface area contributed by atoms with Gasteiger partial charge in [-0.25, -0.2) is 4.98 Å². The van der Waals surface area contributed by atoms with E-state index in [2.05, 4.69) is 15.3 Å². The summed E-state index contributed by atoms with van der Waals surface area (Å²) in [5.74, 6) is -0.223. The van der Waals surface area contributed by atoms with Crippen LogP contribution in [0.5, 0.6) is 0 Å². The smallest absolute Gasteiger partial charge is 0.270 e. The van der Waals surface area contributed by atoms with Gasteiger partial charge in [-0.3, -0.25) is 9.78 Å². The minimum Gasteiger partial charge on any atom is -0.391 e. The fourth-order valence-corrected chi connectivity index (χ4v) is 3.75. The summed E-state index contributed by atoms with van der Waals surface area (Å²) in [6, 6.07) is 13.5. The van der Waals surface area contributed by atoms with Crippen LogP contribution < -0.4 is 5.32 Å². The molecule has 1 fully saturated rings. The Morgan fingerprint density at radius 1 is 1.15 bits per heavy atom. The van der Waals surface area contributed by atoms with Gasteiger partial charge in [0.05, 0.1) is 17.7 Å². The molecule has 2 heterocycles. The molecule has 2 unspecified atom stereocenters. The number of nitrogens with one attached hydrogen (secondary N) is 1. The Hall–Kier alpha value is -2.79. The molecule has 1 aliphatic rings. The first-order valence-corrected chi connectivity index (χ1v) is 9.47. The highest BCUT2D eigenvalue weighted by Crippen LogP contribution is 2.22. The summed E-state index contributed by atoms with van der Waals surface area (Å²) < 4.78 is 0. The van der Waals surface area contributed by atoms with E-state index in [1.54, 1.807) is 6.20 Å². The van der Waals surface area contributed by atoms with Gasteiger partial charge in [0.15, 0.2) is 0 Å². The fourth-order valence-electron chi connectivity index (χ4n) is 3.75. The van der Waals surface area contributed by atoms with Gasteiger partial charge in [-0.15, -0.1) is 0 Å². The molecule has 27 heavy (non-hydrogen) atoms. The van der Waals surface area contributed by atoms with Crippen LogP contribution in [0.2, 0.25) is 0 Å². The normalized spacial score (nSPS) is 19.7. The number of nitrogens with zero attached hydrogens (tertiary/aromatic N) is 2. The highest BCUT2D eigenvalue weighted by Gasteiger charge is 2.25. The van der Waals surface area contributed by atoms with E-state index in [4.69, 9.17) is 0 Å².